The zero-order valence-corrected chi connectivity index (χ0v) is 37.4. The van der Waals surface area contributed by atoms with Crippen molar-refractivity contribution < 1.29 is 0 Å². The molecule has 1 aliphatic heterocycles. The van der Waals surface area contributed by atoms with E-state index in [9.17, 15) is 0 Å². The molecule has 0 bridgehead atoms. The SMILES string of the molecule is CC1(C)c2cccc3c2-c2c1ccc1c4ccc(N(c5ccc6c(c5)C5(c7ccccc7-c7ccccc75)c5ccccc5-6)c5ccccc5-c5ccccc5)cc4n(c21)C1CCCCC31. The normalized spacial score (nSPS) is 18.2. The van der Waals surface area contributed by atoms with Crippen LogP contribution in [0.15, 0.2) is 194 Å². The number of fused-ring (bicyclic) bond motifs is 16. The predicted molar refractivity (Wildman–Crippen MR) is 274 cm³/mol. The van der Waals surface area contributed by atoms with Crippen LogP contribution in [0.5, 0.6) is 0 Å². The summed E-state index contributed by atoms with van der Waals surface area (Å²) < 4.78 is 2.85. The molecule has 1 saturated carbocycles. The first-order chi connectivity index (χ1) is 32.5. The maximum Gasteiger partial charge on any atom is 0.0726 e. The zero-order valence-electron chi connectivity index (χ0n) is 37.4. The highest BCUT2D eigenvalue weighted by molar-refractivity contribution is 6.16. The number of hydrogen-bond donors (Lipinski definition) is 0. The summed E-state index contributed by atoms with van der Waals surface area (Å²) >= 11 is 0. The first-order valence-corrected chi connectivity index (χ1v) is 24.2. The van der Waals surface area contributed by atoms with E-state index in [1.807, 2.05) is 0 Å². The molecule has 0 saturated heterocycles. The molecule has 2 heterocycles. The lowest BCUT2D eigenvalue weighted by molar-refractivity contribution is 0.319. The zero-order chi connectivity index (χ0) is 43.5. The Balaban J connectivity index is 1.02. The van der Waals surface area contributed by atoms with Gasteiger partial charge in [0.25, 0.3) is 0 Å². The number of aromatic nitrogens is 1. The van der Waals surface area contributed by atoms with Gasteiger partial charge in [-0.3, -0.25) is 0 Å². The molecule has 2 heteroatoms. The van der Waals surface area contributed by atoms with Crippen LogP contribution in [0.4, 0.5) is 17.1 Å². The third-order valence-electron chi connectivity index (χ3n) is 16.8. The van der Waals surface area contributed by atoms with Crippen LogP contribution in [0.25, 0.3) is 66.3 Å². The Labute approximate surface area is 386 Å². The summed E-state index contributed by atoms with van der Waals surface area (Å²) in [6.45, 7) is 4.89. The Hall–Kier alpha value is -7.42. The molecule has 314 valence electrons. The number of para-hydroxylation sites is 1. The predicted octanol–water partition coefficient (Wildman–Crippen LogP) is 16.8. The topological polar surface area (TPSA) is 8.17 Å². The molecule has 2 atom stereocenters. The molecule has 66 heavy (non-hydrogen) atoms. The molecule has 9 aromatic carbocycles. The van der Waals surface area contributed by atoms with Crippen LogP contribution in [-0.2, 0) is 10.8 Å². The lowest BCUT2D eigenvalue weighted by atomic mass is 9.70. The van der Waals surface area contributed by atoms with Crippen molar-refractivity contribution in [3.63, 3.8) is 0 Å². The fourth-order valence-corrected chi connectivity index (χ4v) is 14.2. The molecule has 5 aliphatic rings. The van der Waals surface area contributed by atoms with E-state index in [1.54, 1.807) is 5.56 Å². The van der Waals surface area contributed by atoms with Gasteiger partial charge in [0.05, 0.1) is 22.1 Å². The second-order valence-corrected chi connectivity index (χ2v) is 20.1. The van der Waals surface area contributed by atoms with Crippen LogP contribution >= 0.6 is 0 Å². The largest absolute Gasteiger partial charge is 0.336 e. The third-order valence-corrected chi connectivity index (χ3v) is 16.8. The van der Waals surface area contributed by atoms with Crippen LogP contribution in [0, 0.1) is 0 Å². The maximum absolute atomic E-state index is 2.85. The van der Waals surface area contributed by atoms with E-state index in [4.69, 9.17) is 0 Å². The summed E-state index contributed by atoms with van der Waals surface area (Å²) in [5, 5.41) is 2.73. The highest BCUT2D eigenvalue weighted by Crippen LogP contribution is 2.64. The molecule has 1 spiro atoms. The van der Waals surface area contributed by atoms with Crippen LogP contribution < -0.4 is 4.90 Å². The molecule has 0 N–H and O–H groups in total. The quantitative estimate of drug-likeness (QED) is 0.171. The summed E-state index contributed by atoms with van der Waals surface area (Å²) in [7, 11) is 0. The minimum Gasteiger partial charge on any atom is -0.336 e. The second-order valence-electron chi connectivity index (χ2n) is 20.1. The molecule has 2 nitrogen and oxygen atoms in total. The Morgan fingerprint density at radius 3 is 1.77 bits per heavy atom. The van der Waals surface area contributed by atoms with Crippen LogP contribution in [0.3, 0.4) is 0 Å². The summed E-state index contributed by atoms with van der Waals surface area (Å²) in [5.41, 5.74) is 26.5. The smallest absolute Gasteiger partial charge is 0.0726 e. The highest BCUT2D eigenvalue weighted by atomic mass is 15.1. The lowest BCUT2D eigenvalue weighted by Gasteiger charge is -2.35. The van der Waals surface area contributed by atoms with Gasteiger partial charge in [-0.05, 0) is 115 Å². The van der Waals surface area contributed by atoms with E-state index < -0.39 is 5.41 Å². The van der Waals surface area contributed by atoms with Crippen molar-refractivity contribution in [2.75, 3.05) is 4.90 Å². The minimum atomic E-state index is -0.441. The summed E-state index contributed by atoms with van der Waals surface area (Å²) in [4.78, 5) is 2.58. The van der Waals surface area contributed by atoms with Gasteiger partial charge in [0.15, 0.2) is 0 Å². The minimum absolute atomic E-state index is 0.0499. The van der Waals surface area contributed by atoms with Gasteiger partial charge in [-0.2, -0.15) is 0 Å². The fraction of sp³-hybridized carbons (Fsp3) is 0.156. The Bertz CT molecular complexity index is 3650. The van der Waals surface area contributed by atoms with E-state index in [0.29, 0.717) is 12.0 Å². The van der Waals surface area contributed by atoms with Crippen LogP contribution in [0.1, 0.15) is 90.4 Å². The van der Waals surface area contributed by atoms with Crippen molar-refractivity contribution in [1.29, 1.82) is 0 Å². The number of anilines is 3. The van der Waals surface area contributed by atoms with Gasteiger partial charge in [0.2, 0.25) is 0 Å². The molecule has 4 aliphatic carbocycles. The van der Waals surface area contributed by atoms with Crippen LogP contribution in [-0.4, -0.2) is 4.57 Å². The van der Waals surface area contributed by atoms with Crippen molar-refractivity contribution in [2.24, 2.45) is 0 Å². The van der Waals surface area contributed by atoms with Crippen molar-refractivity contribution in [3.05, 3.63) is 233 Å². The van der Waals surface area contributed by atoms with Crippen LogP contribution in [0.2, 0.25) is 0 Å². The average Bonchev–Trinajstić information content (AvgIpc) is 4.01. The fourth-order valence-electron chi connectivity index (χ4n) is 14.2. The van der Waals surface area contributed by atoms with E-state index in [2.05, 4.69) is 217 Å². The van der Waals surface area contributed by atoms with E-state index in [1.165, 1.54) is 137 Å². The summed E-state index contributed by atoms with van der Waals surface area (Å²) in [6, 6.07) is 74.8. The molecule has 2 unspecified atom stereocenters. The number of hydrogen-bond acceptors (Lipinski definition) is 1. The van der Waals surface area contributed by atoms with Gasteiger partial charge in [-0.1, -0.05) is 190 Å². The standard InChI is InChI=1S/C64H48N2/c1-63(2)54-28-16-24-49-47-23-10-15-30-58(47)66-59-38-41(32-34-48(59)50-35-36-55(63)61(60(49)54)62(50)66)65(57-29-14-9-19-42(57)39-17-4-3-5-18-39)40-31-33-46-45-22-8-13-27-53(45)64(56(46)37-40)51-25-11-6-20-43(51)44-21-7-12-26-52(44)64/h3-9,11-14,16-22,24-29,31-38,47,58H,10,15,23,30H2,1-2H3. The van der Waals surface area contributed by atoms with E-state index in [0.717, 1.165) is 5.69 Å². The molecule has 15 rings (SSSR count). The molecule has 0 radical (unpaired) electrons. The van der Waals surface area contributed by atoms with Gasteiger partial charge in [0.1, 0.15) is 0 Å². The number of nitrogens with zero attached hydrogens (tertiary/aromatic N) is 2. The van der Waals surface area contributed by atoms with Crippen molar-refractivity contribution >= 4 is 38.9 Å². The van der Waals surface area contributed by atoms with Crippen molar-refractivity contribution in [2.45, 2.75) is 62.3 Å². The second kappa shape index (κ2) is 13.1. The first-order valence-electron chi connectivity index (χ1n) is 24.2. The highest BCUT2D eigenvalue weighted by Gasteiger charge is 2.52. The van der Waals surface area contributed by atoms with Gasteiger partial charge >= 0.3 is 0 Å². The third kappa shape index (κ3) is 4.52. The molecular weight excluding hydrogens is 797 g/mol. The van der Waals surface area contributed by atoms with Crippen molar-refractivity contribution in [3.8, 4) is 44.5 Å². The maximum atomic E-state index is 2.85. The summed E-state index contributed by atoms with van der Waals surface area (Å²) in [6.07, 6.45) is 4.97. The molecule has 1 fully saturated rings. The molecule has 0 amide bonds. The van der Waals surface area contributed by atoms with Gasteiger partial charge in [-0.15, -0.1) is 0 Å². The number of rotatable bonds is 4. The molecule has 10 aromatic rings. The Morgan fingerprint density at radius 1 is 0.455 bits per heavy atom. The van der Waals surface area contributed by atoms with E-state index in [-0.39, 0.29) is 5.41 Å². The number of benzene rings is 9. The Kier molecular flexibility index (Phi) is 7.32. The van der Waals surface area contributed by atoms with Gasteiger partial charge in [0, 0.05) is 50.6 Å². The first kappa shape index (κ1) is 36.9. The Morgan fingerprint density at radius 2 is 1.03 bits per heavy atom. The monoisotopic (exact) mass is 844 g/mol. The lowest BCUT2D eigenvalue weighted by Crippen LogP contribution is -2.26. The van der Waals surface area contributed by atoms with Crippen molar-refractivity contribution in [1.82, 2.24) is 4.57 Å². The van der Waals surface area contributed by atoms with E-state index >= 15 is 0 Å². The summed E-state index contributed by atoms with van der Waals surface area (Å²) in [5.74, 6) is 0.479. The van der Waals surface area contributed by atoms with Gasteiger partial charge < -0.3 is 9.47 Å². The molecule has 1 aromatic heterocycles. The molecular formula is C64H48N2. The van der Waals surface area contributed by atoms with Gasteiger partial charge in [-0.25, -0.2) is 0 Å². The average molecular weight is 845 g/mol.